The summed E-state index contributed by atoms with van der Waals surface area (Å²) in [6.07, 6.45) is 3.37. The Bertz CT molecular complexity index is 447. The first-order chi connectivity index (χ1) is 7.58. The molecule has 0 aliphatic carbocycles. The number of nitrogens with zero attached hydrogens (tertiary/aromatic N) is 2. The summed E-state index contributed by atoms with van der Waals surface area (Å²) in [4.78, 5) is 3.87. The van der Waals surface area contributed by atoms with Crippen LogP contribution in [-0.4, -0.2) is 11.4 Å². The molecule has 0 saturated heterocycles. The minimum absolute atomic E-state index is 0.102. The summed E-state index contributed by atoms with van der Waals surface area (Å²) in [6, 6.07) is 2.14. The minimum atomic E-state index is -0.740. The Balaban J connectivity index is 3.11. The van der Waals surface area contributed by atoms with Crippen LogP contribution in [0.3, 0.4) is 0 Å². The lowest BCUT2D eigenvalue weighted by Crippen LogP contribution is -2.12. The normalized spacial score (nSPS) is 11.1. The molecule has 7 heteroatoms. The van der Waals surface area contributed by atoms with Crippen LogP contribution in [0.1, 0.15) is 0 Å². The fraction of sp³-hybridized carbons (Fsp3) is 0.111. The second-order valence-electron chi connectivity index (χ2n) is 2.58. The van der Waals surface area contributed by atoms with Gasteiger partial charge in [0.1, 0.15) is 11.6 Å². The molecule has 1 aromatic rings. The van der Waals surface area contributed by atoms with E-state index in [1.54, 1.807) is 12.4 Å². The number of hydrogen-bond acceptors (Lipinski definition) is 3. The number of rotatable bonds is 1. The maximum absolute atomic E-state index is 13.1. The molecule has 16 heavy (non-hydrogen) atoms. The summed E-state index contributed by atoms with van der Waals surface area (Å²) >= 11 is 3.92. The Morgan fingerprint density at radius 1 is 1.50 bits per heavy atom. The number of aliphatic imine (C=N–C) groups is 1. The lowest BCUT2D eigenvalue weighted by atomic mass is 10.3. The average molecular weight is 306 g/mol. The van der Waals surface area contributed by atoms with Crippen molar-refractivity contribution in [2.75, 3.05) is 6.26 Å². The Kier molecular flexibility index (Phi) is 4.71. The van der Waals surface area contributed by atoms with E-state index in [1.165, 1.54) is 11.8 Å². The van der Waals surface area contributed by atoms with Crippen LogP contribution < -0.4 is 5.32 Å². The first-order valence-corrected chi connectivity index (χ1v) is 6.02. The maximum Gasteiger partial charge on any atom is 0.183 e. The third-order valence-electron chi connectivity index (χ3n) is 1.56. The lowest BCUT2D eigenvalue weighted by Gasteiger charge is -2.02. The molecule has 84 valence electrons. The molecule has 0 amide bonds. The molecule has 1 aromatic carbocycles. The maximum atomic E-state index is 13.1. The molecule has 1 rings (SSSR count). The number of amidine groups is 1. The van der Waals surface area contributed by atoms with E-state index in [0.717, 1.165) is 12.1 Å². The molecule has 0 atom stereocenters. The van der Waals surface area contributed by atoms with Crippen LogP contribution in [0.5, 0.6) is 0 Å². The van der Waals surface area contributed by atoms with E-state index in [9.17, 15) is 8.78 Å². The third-order valence-corrected chi connectivity index (χ3v) is 2.89. The lowest BCUT2D eigenvalue weighted by molar-refractivity contribution is 0.572. The van der Waals surface area contributed by atoms with Gasteiger partial charge in [-0.25, -0.2) is 13.8 Å². The fourth-order valence-electron chi connectivity index (χ4n) is 0.896. The summed E-state index contributed by atoms with van der Waals surface area (Å²) in [5, 5.41) is 11.0. The number of halogens is 3. The van der Waals surface area contributed by atoms with Gasteiger partial charge in [0.2, 0.25) is 0 Å². The Labute approximate surface area is 104 Å². The number of thioether (sulfide) groups is 1. The van der Waals surface area contributed by atoms with E-state index >= 15 is 0 Å². The predicted octanol–water partition coefficient (Wildman–Crippen LogP) is 3.15. The van der Waals surface area contributed by atoms with Crippen LogP contribution in [0.15, 0.2) is 21.6 Å². The van der Waals surface area contributed by atoms with E-state index in [-0.39, 0.29) is 15.3 Å². The summed E-state index contributed by atoms with van der Waals surface area (Å²) in [5.41, 5.74) is 0.102. The first-order valence-electron chi connectivity index (χ1n) is 4.00. The summed E-state index contributed by atoms with van der Waals surface area (Å²) < 4.78 is 26.0. The van der Waals surface area contributed by atoms with Gasteiger partial charge < -0.3 is 0 Å². The highest BCUT2D eigenvalue weighted by Crippen LogP contribution is 2.25. The molecular weight excluding hydrogens is 300 g/mol. The van der Waals surface area contributed by atoms with E-state index < -0.39 is 11.6 Å². The van der Waals surface area contributed by atoms with Crippen molar-refractivity contribution < 1.29 is 8.78 Å². The predicted molar refractivity (Wildman–Crippen MR) is 63.4 cm³/mol. The van der Waals surface area contributed by atoms with Crippen LogP contribution in [0.25, 0.3) is 0 Å². The van der Waals surface area contributed by atoms with Crippen molar-refractivity contribution in [3.63, 3.8) is 0 Å². The Morgan fingerprint density at radius 2 is 2.06 bits per heavy atom. The van der Waals surface area contributed by atoms with Crippen molar-refractivity contribution in [2.24, 2.45) is 4.99 Å². The molecule has 0 saturated carbocycles. The highest BCUT2D eigenvalue weighted by atomic mass is 79.9. The number of nitriles is 1. The number of hydrogen-bond donors (Lipinski definition) is 1. The molecule has 0 aromatic heterocycles. The monoisotopic (exact) mass is 305 g/mol. The van der Waals surface area contributed by atoms with Gasteiger partial charge >= 0.3 is 0 Å². The number of benzene rings is 1. The molecule has 1 N–H and O–H groups in total. The fourth-order valence-corrected chi connectivity index (χ4v) is 1.47. The van der Waals surface area contributed by atoms with E-state index in [2.05, 4.69) is 26.2 Å². The molecule has 0 unspecified atom stereocenters. The second-order valence-corrected chi connectivity index (χ2v) is 4.17. The number of nitrogens with one attached hydrogen (secondary N) is 1. The highest BCUT2D eigenvalue weighted by molar-refractivity contribution is 9.10. The van der Waals surface area contributed by atoms with Gasteiger partial charge in [-0.2, -0.15) is 5.26 Å². The first kappa shape index (κ1) is 12.9. The largest absolute Gasteiger partial charge is 0.271 e. The van der Waals surface area contributed by atoms with E-state index in [1.807, 2.05) is 0 Å². The van der Waals surface area contributed by atoms with Crippen molar-refractivity contribution in [3.8, 4) is 6.19 Å². The molecular formula is C9H6BrF2N3S. The Morgan fingerprint density at radius 3 is 2.50 bits per heavy atom. The van der Waals surface area contributed by atoms with E-state index in [0.29, 0.717) is 0 Å². The van der Waals surface area contributed by atoms with Crippen molar-refractivity contribution in [1.82, 2.24) is 5.32 Å². The SMILES string of the molecule is CS/C(=N\c1cc(F)c(Br)c(F)c1)NC#N. The van der Waals surface area contributed by atoms with Crippen molar-refractivity contribution in [3.05, 3.63) is 28.2 Å². The molecule has 0 bridgehead atoms. The molecule has 0 radical (unpaired) electrons. The van der Waals surface area contributed by atoms with Gasteiger partial charge in [-0.1, -0.05) is 11.8 Å². The van der Waals surface area contributed by atoms with Crippen molar-refractivity contribution in [2.45, 2.75) is 0 Å². The average Bonchev–Trinajstić information content (AvgIpc) is 2.25. The van der Waals surface area contributed by atoms with E-state index in [4.69, 9.17) is 5.26 Å². The Hall–Kier alpha value is -1.13. The van der Waals surface area contributed by atoms with Crippen molar-refractivity contribution >= 4 is 38.5 Å². The van der Waals surface area contributed by atoms with Gasteiger partial charge in [0.15, 0.2) is 11.4 Å². The standard InChI is InChI=1S/C9H6BrF2N3S/c1-16-9(14-4-13)15-5-2-6(11)8(10)7(12)3-5/h2-3H,1H3,(H,14,15). The second kappa shape index (κ2) is 5.82. The zero-order valence-electron chi connectivity index (χ0n) is 8.09. The van der Waals surface area contributed by atoms with Gasteiger partial charge in [0.25, 0.3) is 0 Å². The van der Waals surface area contributed by atoms with Gasteiger partial charge in [-0.05, 0) is 22.2 Å². The molecule has 0 spiro atoms. The van der Waals surface area contributed by atoms with Gasteiger partial charge in [-0.3, -0.25) is 5.32 Å². The van der Waals surface area contributed by atoms with Gasteiger partial charge in [0, 0.05) is 12.1 Å². The topological polar surface area (TPSA) is 48.2 Å². The molecule has 0 aliphatic heterocycles. The molecule has 0 fully saturated rings. The van der Waals surface area contributed by atoms with Crippen LogP contribution in [0, 0.1) is 23.1 Å². The van der Waals surface area contributed by atoms with Crippen LogP contribution in [0.2, 0.25) is 0 Å². The van der Waals surface area contributed by atoms with Gasteiger partial charge in [0.05, 0.1) is 10.2 Å². The molecule has 3 nitrogen and oxygen atoms in total. The summed E-state index contributed by atoms with van der Waals surface area (Å²) in [7, 11) is 0. The zero-order valence-corrected chi connectivity index (χ0v) is 10.5. The third kappa shape index (κ3) is 3.18. The van der Waals surface area contributed by atoms with Crippen molar-refractivity contribution in [1.29, 1.82) is 5.26 Å². The quantitative estimate of drug-likeness (QED) is 0.285. The smallest absolute Gasteiger partial charge is 0.183 e. The molecule has 0 aliphatic rings. The van der Waals surface area contributed by atoms with Crippen LogP contribution in [-0.2, 0) is 0 Å². The molecule has 0 heterocycles. The van der Waals surface area contributed by atoms with Gasteiger partial charge in [-0.15, -0.1) is 0 Å². The van der Waals surface area contributed by atoms with Crippen LogP contribution >= 0.6 is 27.7 Å². The highest BCUT2D eigenvalue weighted by Gasteiger charge is 2.08. The zero-order chi connectivity index (χ0) is 12.1. The summed E-state index contributed by atoms with van der Waals surface area (Å²) in [5.74, 6) is -1.48. The van der Waals surface area contributed by atoms with Crippen LogP contribution in [0.4, 0.5) is 14.5 Å². The minimum Gasteiger partial charge on any atom is -0.271 e. The summed E-state index contributed by atoms with van der Waals surface area (Å²) in [6.45, 7) is 0.